The second kappa shape index (κ2) is 49.5. The largest absolute Gasteiger partial charge is 0.462 e. The molecule has 0 saturated heterocycles. The molecule has 0 fully saturated rings. The van der Waals surface area contributed by atoms with E-state index in [0.29, 0.717) is 19.3 Å². The summed E-state index contributed by atoms with van der Waals surface area (Å²) in [6.45, 7) is 6.60. The Hall–Kier alpha value is -2.11. The number of carbonyl (C=O) groups excluding carboxylic acids is 3. The van der Waals surface area contributed by atoms with Crippen LogP contribution in [-0.4, -0.2) is 37.2 Å². The molecule has 0 rings (SSSR count). The van der Waals surface area contributed by atoms with Gasteiger partial charge in [0.15, 0.2) is 6.10 Å². The Balaban J connectivity index is 4.18. The Morgan fingerprint density at radius 1 is 0.317 bits per heavy atom. The molecule has 0 aliphatic rings. The van der Waals surface area contributed by atoms with Crippen LogP contribution < -0.4 is 0 Å². The molecule has 0 aromatic rings. The Morgan fingerprint density at radius 2 is 0.550 bits per heavy atom. The average molecular weight is 845 g/mol. The van der Waals surface area contributed by atoms with Crippen LogP contribution in [0.25, 0.3) is 0 Å². The molecule has 0 radical (unpaired) electrons. The highest BCUT2D eigenvalue weighted by atomic mass is 16.6. The predicted octanol–water partition coefficient (Wildman–Crippen LogP) is 17.2. The van der Waals surface area contributed by atoms with Crippen LogP contribution in [0, 0.1) is 0 Å². The van der Waals surface area contributed by atoms with Gasteiger partial charge in [0, 0.05) is 19.3 Å². The zero-order valence-electron chi connectivity index (χ0n) is 40.2. The summed E-state index contributed by atoms with van der Waals surface area (Å²) in [6, 6.07) is 0. The lowest BCUT2D eigenvalue weighted by Crippen LogP contribution is -2.30. The summed E-state index contributed by atoms with van der Waals surface area (Å²) in [7, 11) is 0. The molecule has 0 aromatic carbocycles. The minimum Gasteiger partial charge on any atom is -0.462 e. The van der Waals surface area contributed by atoms with Gasteiger partial charge in [-0.1, -0.05) is 218 Å². The number of carbonyl (C=O) groups is 3. The Labute approximate surface area is 373 Å². The zero-order chi connectivity index (χ0) is 43.7. The smallest absolute Gasteiger partial charge is 0.306 e. The highest BCUT2D eigenvalue weighted by molar-refractivity contribution is 5.71. The molecule has 0 aliphatic carbocycles. The fourth-order valence-electron chi connectivity index (χ4n) is 7.67. The lowest BCUT2D eigenvalue weighted by Gasteiger charge is -2.18. The molecule has 352 valence electrons. The Kier molecular flexibility index (Phi) is 47.8. The van der Waals surface area contributed by atoms with E-state index in [4.69, 9.17) is 14.2 Å². The summed E-state index contributed by atoms with van der Waals surface area (Å²) < 4.78 is 16.7. The van der Waals surface area contributed by atoms with Crippen molar-refractivity contribution in [2.24, 2.45) is 0 Å². The number of unbranched alkanes of at least 4 members (excludes halogenated alkanes) is 33. The summed E-state index contributed by atoms with van der Waals surface area (Å²) in [5, 5.41) is 0. The molecule has 60 heavy (non-hydrogen) atoms. The third-order valence-corrected chi connectivity index (χ3v) is 11.7. The molecular formula is C54H100O6. The van der Waals surface area contributed by atoms with Crippen LogP contribution in [0.4, 0.5) is 0 Å². The van der Waals surface area contributed by atoms with Gasteiger partial charge in [0.2, 0.25) is 0 Å². The van der Waals surface area contributed by atoms with E-state index in [1.165, 1.54) is 180 Å². The molecule has 0 bridgehead atoms. The first-order valence-corrected chi connectivity index (χ1v) is 26.3. The number of allylic oxidation sites excluding steroid dienone is 4. The monoisotopic (exact) mass is 845 g/mol. The SMILES string of the molecule is CCCCCCC/C=C\CCCCCCCC(=O)OC(COC(=O)CCCCCCCCC)COC(=O)CCCCCCCCCCC/C=C\CCCCCCCCCC. The maximum Gasteiger partial charge on any atom is 0.306 e. The van der Waals surface area contributed by atoms with Crippen molar-refractivity contribution in [3.63, 3.8) is 0 Å². The van der Waals surface area contributed by atoms with Crippen LogP contribution in [0.2, 0.25) is 0 Å². The summed E-state index contributed by atoms with van der Waals surface area (Å²) in [5.41, 5.74) is 0. The van der Waals surface area contributed by atoms with Gasteiger partial charge < -0.3 is 14.2 Å². The van der Waals surface area contributed by atoms with Crippen LogP contribution in [0.1, 0.15) is 284 Å². The first kappa shape index (κ1) is 57.9. The predicted molar refractivity (Wildman–Crippen MR) is 256 cm³/mol. The van der Waals surface area contributed by atoms with Gasteiger partial charge in [-0.3, -0.25) is 14.4 Å². The lowest BCUT2D eigenvalue weighted by molar-refractivity contribution is -0.167. The first-order chi connectivity index (χ1) is 29.5. The van der Waals surface area contributed by atoms with E-state index in [1.54, 1.807) is 0 Å². The van der Waals surface area contributed by atoms with Crippen molar-refractivity contribution in [1.82, 2.24) is 0 Å². The fourth-order valence-corrected chi connectivity index (χ4v) is 7.67. The highest BCUT2D eigenvalue weighted by Crippen LogP contribution is 2.15. The number of hydrogen-bond donors (Lipinski definition) is 0. The molecule has 1 unspecified atom stereocenters. The van der Waals surface area contributed by atoms with E-state index in [0.717, 1.165) is 64.2 Å². The van der Waals surface area contributed by atoms with Crippen LogP contribution in [0.3, 0.4) is 0 Å². The summed E-state index contributed by atoms with van der Waals surface area (Å²) >= 11 is 0. The number of hydrogen-bond acceptors (Lipinski definition) is 6. The van der Waals surface area contributed by atoms with Crippen LogP contribution in [-0.2, 0) is 28.6 Å². The molecular weight excluding hydrogens is 745 g/mol. The van der Waals surface area contributed by atoms with Gasteiger partial charge in [-0.15, -0.1) is 0 Å². The van der Waals surface area contributed by atoms with E-state index >= 15 is 0 Å². The minimum absolute atomic E-state index is 0.0727. The van der Waals surface area contributed by atoms with Crippen LogP contribution >= 0.6 is 0 Å². The Morgan fingerprint density at radius 3 is 0.833 bits per heavy atom. The Bertz CT molecular complexity index is 973. The van der Waals surface area contributed by atoms with Crippen molar-refractivity contribution in [2.45, 2.75) is 290 Å². The molecule has 6 nitrogen and oxygen atoms in total. The minimum atomic E-state index is -0.770. The van der Waals surface area contributed by atoms with Gasteiger partial charge in [0.25, 0.3) is 0 Å². The van der Waals surface area contributed by atoms with Crippen molar-refractivity contribution >= 4 is 17.9 Å². The maximum absolute atomic E-state index is 12.7. The van der Waals surface area contributed by atoms with Crippen molar-refractivity contribution in [3.8, 4) is 0 Å². The van der Waals surface area contributed by atoms with Gasteiger partial charge in [0.05, 0.1) is 0 Å². The molecule has 6 heteroatoms. The van der Waals surface area contributed by atoms with Crippen LogP contribution in [0.5, 0.6) is 0 Å². The molecule has 0 aliphatic heterocycles. The van der Waals surface area contributed by atoms with E-state index in [-0.39, 0.29) is 31.1 Å². The summed E-state index contributed by atoms with van der Waals surface area (Å²) in [4.78, 5) is 37.8. The van der Waals surface area contributed by atoms with E-state index in [1.807, 2.05) is 0 Å². The van der Waals surface area contributed by atoms with Crippen LogP contribution in [0.15, 0.2) is 24.3 Å². The second-order valence-corrected chi connectivity index (χ2v) is 17.8. The first-order valence-electron chi connectivity index (χ1n) is 26.3. The van der Waals surface area contributed by atoms with Crippen molar-refractivity contribution in [2.75, 3.05) is 13.2 Å². The van der Waals surface area contributed by atoms with Gasteiger partial charge >= 0.3 is 17.9 Å². The highest BCUT2D eigenvalue weighted by Gasteiger charge is 2.19. The van der Waals surface area contributed by atoms with E-state index in [9.17, 15) is 14.4 Å². The molecule has 0 heterocycles. The molecule has 0 aromatic heterocycles. The third kappa shape index (κ3) is 46.9. The molecule has 1 atom stereocenters. The van der Waals surface area contributed by atoms with Crippen molar-refractivity contribution in [1.29, 1.82) is 0 Å². The number of ether oxygens (including phenoxy) is 3. The van der Waals surface area contributed by atoms with Crippen molar-refractivity contribution in [3.05, 3.63) is 24.3 Å². The summed E-state index contributed by atoms with van der Waals surface area (Å²) in [5.74, 6) is -0.879. The summed E-state index contributed by atoms with van der Waals surface area (Å²) in [6.07, 6.45) is 56.1. The second-order valence-electron chi connectivity index (χ2n) is 17.8. The van der Waals surface area contributed by atoms with Gasteiger partial charge in [-0.2, -0.15) is 0 Å². The maximum atomic E-state index is 12.7. The van der Waals surface area contributed by atoms with E-state index in [2.05, 4.69) is 45.1 Å². The normalized spacial score (nSPS) is 12.1. The molecule has 0 N–H and O–H groups in total. The molecule has 0 amide bonds. The quantitative estimate of drug-likeness (QED) is 0.0263. The zero-order valence-corrected chi connectivity index (χ0v) is 40.2. The lowest BCUT2D eigenvalue weighted by atomic mass is 10.1. The topological polar surface area (TPSA) is 78.9 Å². The third-order valence-electron chi connectivity index (χ3n) is 11.7. The molecule has 0 saturated carbocycles. The van der Waals surface area contributed by atoms with Gasteiger partial charge in [-0.05, 0) is 70.6 Å². The van der Waals surface area contributed by atoms with Crippen molar-refractivity contribution < 1.29 is 28.6 Å². The number of esters is 3. The van der Waals surface area contributed by atoms with E-state index < -0.39 is 6.10 Å². The molecule has 0 spiro atoms. The number of rotatable bonds is 48. The standard InChI is InChI=1S/C54H100O6/c1-4-7-10-13-16-18-20-22-24-25-26-27-28-29-30-32-33-35-38-41-44-47-53(56)59-50-51(49-58-52(55)46-43-40-37-15-12-9-6-3)60-54(57)48-45-42-39-36-34-31-23-21-19-17-14-11-8-5-2/h21,23,25-26,51H,4-20,22,24,27-50H2,1-3H3/b23-21-,26-25-. The van der Waals surface area contributed by atoms with Gasteiger partial charge in [-0.25, -0.2) is 0 Å². The average Bonchev–Trinajstić information content (AvgIpc) is 3.24. The fraction of sp³-hybridized carbons (Fsp3) is 0.870. The van der Waals surface area contributed by atoms with Gasteiger partial charge in [0.1, 0.15) is 13.2 Å².